The Kier molecular flexibility index (Phi) is 5.25. The number of nitrogens with zero attached hydrogens (tertiary/aromatic N) is 2. The van der Waals surface area contributed by atoms with Crippen molar-refractivity contribution in [3.05, 3.63) is 70.8 Å². The third kappa shape index (κ3) is 3.30. The summed E-state index contributed by atoms with van der Waals surface area (Å²) >= 11 is -4.44. The number of allylic oxidation sites excluding steroid dienone is 2. The molecule has 2 aromatic carbocycles. The summed E-state index contributed by atoms with van der Waals surface area (Å²) in [6.07, 6.45) is 8.89. The van der Waals surface area contributed by atoms with Gasteiger partial charge in [-0.1, -0.05) is 0 Å². The molecule has 2 atom stereocenters. The van der Waals surface area contributed by atoms with Crippen LogP contribution >= 0.6 is 17.0 Å². The third-order valence-corrected chi connectivity index (χ3v) is 25.7. The summed E-state index contributed by atoms with van der Waals surface area (Å²) in [5.41, 5.74) is 7.36. The van der Waals surface area contributed by atoms with Crippen molar-refractivity contribution in [2.24, 2.45) is 0 Å². The number of halogens is 2. The van der Waals surface area contributed by atoms with Crippen LogP contribution in [0.25, 0.3) is 12.2 Å². The Morgan fingerprint density at radius 3 is 1.52 bits per heavy atom. The summed E-state index contributed by atoms with van der Waals surface area (Å²) < 4.78 is 2.33. The van der Waals surface area contributed by atoms with Crippen LogP contribution in [0.3, 0.4) is 0 Å². The first-order chi connectivity index (χ1) is 13.6. The van der Waals surface area contributed by atoms with E-state index in [1.807, 2.05) is 0 Å². The van der Waals surface area contributed by atoms with Gasteiger partial charge in [-0.3, -0.25) is 0 Å². The number of anilines is 2. The van der Waals surface area contributed by atoms with Crippen LogP contribution in [0.4, 0.5) is 11.4 Å². The van der Waals surface area contributed by atoms with E-state index >= 15 is 0 Å². The summed E-state index contributed by atoms with van der Waals surface area (Å²) in [7, 11) is 23.6. The van der Waals surface area contributed by atoms with Crippen LogP contribution in [0.1, 0.15) is 36.4 Å². The monoisotopic (exact) mass is 504 g/mol. The van der Waals surface area contributed by atoms with Gasteiger partial charge in [0, 0.05) is 0 Å². The van der Waals surface area contributed by atoms with E-state index in [-0.39, 0.29) is 7.25 Å². The SMILES string of the molecule is C[CH]=[Zr]([Cl])([Cl])([CH]1C=Cc2cc(N(C)C)ccc21)[CH]1C=Cc2cc(N(C)C)ccc21. The molecule has 0 bridgehead atoms. The van der Waals surface area contributed by atoms with E-state index < -0.39 is 15.9 Å². The van der Waals surface area contributed by atoms with Gasteiger partial charge in [-0.25, -0.2) is 0 Å². The Bertz CT molecular complexity index is 1030. The maximum absolute atomic E-state index is 7.65. The second kappa shape index (κ2) is 7.22. The van der Waals surface area contributed by atoms with Crippen LogP contribution in [0.5, 0.6) is 0 Å². The second-order valence-electron chi connectivity index (χ2n) is 8.60. The van der Waals surface area contributed by atoms with Crippen molar-refractivity contribution in [1.82, 2.24) is 0 Å². The Balaban J connectivity index is 1.81. The molecule has 2 unspecified atom stereocenters. The van der Waals surface area contributed by atoms with Gasteiger partial charge in [0.25, 0.3) is 0 Å². The van der Waals surface area contributed by atoms with E-state index in [1.165, 1.54) is 33.6 Å². The van der Waals surface area contributed by atoms with E-state index in [0.29, 0.717) is 0 Å². The Morgan fingerprint density at radius 2 is 1.17 bits per heavy atom. The van der Waals surface area contributed by atoms with Crippen molar-refractivity contribution in [3.63, 3.8) is 0 Å². The fourth-order valence-corrected chi connectivity index (χ4v) is 18.4. The zero-order chi connectivity index (χ0) is 21.0. The number of benzene rings is 2. The van der Waals surface area contributed by atoms with Gasteiger partial charge >= 0.3 is 183 Å². The molecule has 0 fully saturated rings. The Labute approximate surface area is 182 Å². The standard InChI is InChI=1S/2C11H12N.C2H4.2ClH.Zr/c2*1-12(2)11-7-6-9-4-3-5-10(9)8-11;1-2;;;/h2*3-8H,1-2H3;1H,2H3;2*1H;/q;;;;;+2/p-2. The molecule has 4 rings (SSSR count). The molecule has 0 radical (unpaired) electrons. The van der Waals surface area contributed by atoms with Gasteiger partial charge in [0.05, 0.1) is 0 Å². The molecular weight excluding hydrogens is 478 g/mol. The Morgan fingerprint density at radius 1 is 0.759 bits per heavy atom. The average molecular weight is 507 g/mol. The van der Waals surface area contributed by atoms with Gasteiger partial charge in [-0.2, -0.15) is 0 Å². The van der Waals surface area contributed by atoms with E-state index in [2.05, 4.69) is 109 Å². The summed E-state index contributed by atoms with van der Waals surface area (Å²) in [6.45, 7) is 2.06. The van der Waals surface area contributed by atoms with Crippen LogP contribution in [-0.2, 0) is 15.9 Å². The van der Waals surface area contributed by atoms with Gasteiger partial charge in [-0.05, 0) is 0 Å². The zero-order valence-electron chi connectivity index (χ0n) is 17.7. The summed E-state index contributed by atoms with van der Waals surface area (Å²) in [4.78, 5) is 4.25. The van der Waals surface area contributed by atoms with Crippen molar-refractivity contribution in [1.29, 1.82) is 0 Å². The molecule has 5 heteroatoms. The molecule has 0 heterocycles. The fraction of sp³-hybridized carbons (Fsp3) is 0.292. The molecule has 0 aromatic heterocycles. The van der Waals surface area contributed by atoms with E-state index in [4.69, 9.17) is 17.0 Å². The van der Waals surface area contributed by atoms with Crippen LogP contribution in [0.2, 0.25) is 0 Å². The minimum absolute atomic E-state index is 0.0742. The number of fused-ring (bicyclic) bond motifs is 2. The van der Waals surface area contributed by atoms with Crippen molar-refractivity contribution in [2.45, 2.75) is 14.2 Å². The molecule has 0 aliphatic heterocycles. The fourth-order valence-electron chi connectivity index (χ4n) is 4.66. The summed E-state index contributed by atoms with van der Waals surface area (Å²) in [5, 5.41) is 0. The second-order valence-corrected chi connectivity index (χ2v) is 30.2. The first-order valence-electron chi connectivity index (χ1n) is 10.0. The van der Waals surface area contributed by atoms with Crippen LogP contribution in [0, 0.1) is 0 Å². The van der Waals surface area contributed by atoms with Gasteiger partial charge in [0.1, 0.15) is 0 Å². The van der Waals surface area contributed by atoms with Gasteiger partial charge in [0.2, 0.25) is 0 Å². The molecular formula is C24H28Cl2N2Zr. The Hall–Kier alpha value is -1.15. The number of rotatable bonds is 4. The molecule has 0 saturated carbocycles. The molecule has 2 aliphatic carbocycles. The quantitative estimate of drug-likeness (QED) is 0.469. The minimum atomic E-state index is -4.44. The van der Waals surface area contributed by atoms with E-state index in [0.717, 1.165) is 0 Å². The molecule has 2 nitrogen and oxygen atoms in total. The predicted molar refractivity (Wildman–Crippen MR) is 129 cm³/mol. The molecule has 0 amide bonds. The molecule has 2 aliphatic rings. The van der Waals surface area contributed by atoms with Crippen molar-refractivity contribution in [2.75, 3.05) is 38.0 Å². The third-order valence-electron chi connectivity index (χ3n) is 6.52. The molecule has 0 spiro atoms. The molecule has 2 aromatic rings. The van der Waals surface area contributed by atoms with Crippen molar-refractivity contribution < 1.29 is 15.9 Å². The molecule has 29 heavy (non-hydrogen) atoms. The topological polar surface area (TPSA) is 6.48 Å². The van der Waals surface area contributed by atoms with Gasteiger partial charge in [-0.15, -0.1) is 0 Å². The van der Waals surface area contributed by atoms with Crippen LogP contribution in [0.15, 0.2) is 48.6 Å². The van der Waals surface area contributed by atoms with Crippen LogP contribution in [-0.4, -0.2) is 31.9 Å². The van der Waals surface area contributed by atoms with E-state index in [1.54, 1.807) is 0 Å². The normalized spacial score (nSPS) is 19.9. The average Bonchev–Trinajstić information content (AvgIpc) is 3.32. The van der Waals surface area contributed by atoms with Crippen molar-refractivity contribution >= 4 is 44.3 Å². The zero-order valence-corrected chi connectivity index (χ0v) is 21.6. The molecule has 152 valence electrons. The maximum atomic E-state index is 7.65. The molecule has 0 saturated heterocycles. The first-order valence-corrected chi connectivity index (χ1v) is 20.6. The van der Waals surface area contributed by atoms with Crippen molar-refractivity contribution in [3.8, 4) is 0 Å². The summed E-state index contributed by atoms with van der Waals surface area (Å²) in [5.74, 6) is 0. The molecule has 0 N–H and O–H groups in total. The number of hydrogen-bond acceptors (Lipinski definition) is 2. The van der Waals surface area contributed by atoms with Crippen LogP contribution < -0.4 is 9.80 Å². The van der Waals surface area contributed by atoms with Gasteiger partial charge < -0.3 is 0 Å². The van der Waals surface area contributed by atoms with E-state index in [9.17, 15) is 0 Å². The predicted octanol–water partition coefficient (Wildman–Crippen LogP) is 6.47. The van der Waals surface area contributed by atoms with Gasteiger partial charge in [0.15, 0.2) is 0 Å². The number of hydrogen-bond donors (Lipinski definition) is 0. The summed E-state index contributed by atoms with van der Waals surface area (Å²) in [6, 6.07) is 13.2. The first kappa shape index (κ1) is 21.1.